The van der Waals surface area contributed by atoms with Crippen molar-refractivity contribution in [2.75, 3.05) is 14.2 Å². The van der Waals surface area contributed by atoms with E-state index < -0.39 is 26.5 Å². The smallest absolute Gasteiger partial charge is 0.305 e. The fourth-order valence-corrected chi connectivity index (χ4v) is 4.32. The van der Waals surface area contributed by atoms with Gasteiger partial charge in [-0.15, -0.1) is 6.58 Å². The van der Waals surface area contributed by atoms with Crippen molar-refractivity contribution in [2.24, 2.45) is 0 Å². The predicted molar refractivity (Wildman–Crippen MR) is 89.1 cm³/mol. The lowest BCUT2D eigenvalue weighted by Gasteiger charge is -2.30. The van der Waals surface area contributed by atoms with Gasteiger partial charge in [0.25, 0.3) is 0 Å². The Kier molecular flexibility index (Phi) is 7.16. The molecule has 0 fully saturated rings. The number of benzene rings is 1. The molecule has 0 bridgehead atoms. The summed E-state index contributed by atoms with van der Waals surface area (Å²) in [6, 6.07) is 7.88. The van der Waals surface area contributed by atoms with E-state index in [9.17, 15) is 18.0 Å². The van der Waals surface area contributed by atoms with Gasteiger partial charge < -0.3 is 9.47 Å². The molecule has 6 nitrogen and oxygen atoms in total. The molecule has 0 saturated heterocycles. The van der Waals surface area contributed by atoms with Crippen molar-refractivity contribution in [2.45, 2.75) is 35.3 Å². The van der Waals surface area contributed by atoms with Crippen molar-refractivity contribution < 1.29 is 27.5 Å². The second-order valence-electron chi connectivity index (χ2n) is 5.24. The first kappa shape index (κ1) is 19.9. The van der Waals surface area contributed by atoms with E-state index in [4.69, 9.17) is 0 Å². The fraction of sp³-hybridized carbons (Fsp3) is 0.412. The van der Waals surface area contributed by atoms with Crippen molar-refractivity contribution in [3.63, 3.8) is 0 Å². The fourth-order valence-electron chi connectivity index (χ4n) is 2.37. The van der Waals surface area contributed by atoms with Gasteiger partial charge in [0.1, 0.15) is 0 Å². The summed E-state index contributed by atoms with van der Waals surface area (Å²) in [6.07, 6.45) is 1.03. The zero-order valence-electron chi connectivity index (χ0n) is 13.9. The number of carbonyl (C=O) groups excluding carboxylic acids is 2. The number of methoxy groups -OCH3 is 2. The summed E-state index contributed by atoms with van der Waals surface area (Å²) in [6.45, 7) is 3.65. The Labute approximate surface area is 142 Å². The van der Waals surface area contributed by atoms with Crippen LogP contribution in [0.25, 0.3) is 0 Å². The summed E-state index contributed by atoms with van der Waals surface area (Å²) in [5.41, 5.74) is 0. The summed E-state index contributed by atoms with van der Waals surface area (Å²) in [4.78, 5) is 23.1. The second kappa shape index (κ2) is 8.63. The number of rotatable bonds is 9. The molecule has 0 saturated carbocycles. The highest BCUT2D eigenvalue weighted by Gasteiger charge is 2.42. The van der Waals surface area contributed by atoms with Crippen LogP contribution in [0.1, 0.15) is 25.7 Å². The van der Waals surface area contributed by atoms with E-state index in [0.29, 0.717) is 0 Å². The first-order chi connectivity index (χ1) is 11.3. The molecule has 0 aliphatic heterocycles. The number of sulfone groups is 1. The van der Waals surface area contributed by atoms with Crippen LogP contribution < -0.4 is 0 Å². The van der Waals surface area contributed by atoms with Gasteiger partial charge in [-0.2, -0.15) is 0 Å². The molecule has 0 N–H and O–H groups in total. The van der Waals surface area contributed by atoms with Crippen LogP contribution in [0.4, 0.5) is 0 Å². The highest BCUT2D eigenvalue weighted by atomic mass is 32.2. The second-order valence-corrected chi connectivity index (χ2v) is 7.53. The van der Waals surface area contributed by atoms with Gasteiger partial charge in [-0.25, -0.2) is 8.42 Å². The molecule has 132 valence electrons. The molecule has 1 aromatic carbocycles. The average molecular weight is 354 g/mol. The first-order valence-electron chi connectivity index (χ1n) is 7.40. The van der Waals surface area contributed by atoms with Gasteiger partial charge in [0.05, 0.1) is 23.9 Å². The molecule has 1 rings (SSSR count). The van der Waals surface area contributed by atoms with Crippen molar-refractivity contribution in [1.82, 2.24) is 0 Å². The third kappa shape index (κ3) is 4.44. The zero-order valence-corrected chi connectivity index (χ0v) is 14.7. The van der Waals surface area contributed by atoms with Crippen LogP contribution in [0.5, 0.6) is 0 Å². The number of carbonyl (C=O) groups is 2. The highest BCUT2D eigenvalue weighted by Crippen LogP contribution is 2.36. The molecule has 0 amide bonds. The third-order valence-electron chi connectivity index (χ3n) is 3.92. The largest absolute Gasteiger partial charge is 0.469 e. The van der Waals surface area contributed by atoms with Crippen molar-refractivity contribution in [1.29, 1.82) is 0 Å². The van der Waals surface area contributed by atoms with Gasteiger partial charge in [-0.3, -0.25) is 9.59 Å². The van der Waals surface area contributed by atoms with E-state index in [1.807, 2.05) is 0 Å². The van der Waals surface area contributed by atoms with Crippen LogP contribution in [0.3, 0.4) is 0 Å². The van der Waals surface area contributed by atoms with Crippen LogP contribution >= 0.6 is 0 Å². The van der Waals surface area contributed by atoms with Crippen LogP contribution in [0.15, 0.2) is 47.9 Å². The Balaban J connectivity index is 3.26. The van der Waals surface area contributed by atoms with Crippen molar-refractivity contribution >= 4 is 21.8 Å². The maximum Gasteiger partial charge on any atom is 0.305 e. The van der Waals surface area contributed by atoms with Crippen LogP contribution in [-0.2, 0) is 28.9 Å². The Morgan fingerprint density at radius 2 is 1.50 bits per heavy atom. The number of esters is 2. The summed E-state index contributed by atoms with van der Waals surface area (Å²) in [7, 11) is -1.39. The van der Waals surface area contributed by atoms with E-state index in [2.05, 4.69) is 16.1 Å². The van der Waals surface area contributed by atoms with Gasteiger partial charge in [0, 0.05) is 12.8 Å². The Morgan fingerprint density at radius 1 is 1.04 bits per heavy atom. The molecule has 0 heterocycles. The standard InChI is InChI=1S/C17H22O6S/c1-4-17(12-10-15(18)22-2,13-11-16(19)23-3)24(20,21)14-8-6-5-7-9-14/h4-9H,1,10-13H2,2-3H3. The summed E-state index contributed by atoms with van der Waals surface area (Å²) in [5, 5.41) is 0. The molecule has 0 aromatic heterocycles. The topological polar surface area (TPSA) is 86.7 Å². The molecule has 24 heavy (non-hydrogen) atoms. The van der Waals surface area contributed by atoms with Gasteiger partial charge >= 0.3 is 11.9 Å². The maximum absolute atomic E-state index is 13.1. The third-order valence-corrected chi connectivity index (χ3v) is 6.46. The molecular weight excluding hydrogens is 332 g/mol. The number of ether oxygens (including phenoxy) is 2. The maximum atomic E-state index is 13.1. The van der Waals surface area contributed by atoms with E-state index in [0.717, 1.165) is 0 Å². The molecule has 7 heteroatoms. The lowest BCUT2D eigenvalue weighted by atomic mass is 9.96. The summed E-state index contributed by atoms with van der Waals surface area (Å²) >= 11 is 0. The molecule has 0 radical (unpaired) electrons. The molecule has 0 aliphatic carbocycles. The summed E-state index contributed by atoms with van der Waals surface area (Å²) < 4.78 is 34.0. The molecule has 0 atom stereocenters. The number of hydrogen-bond acceptors (Lipinski definition) is 6. The van der Waals surface area contributed by atoms with Gasteiger partial charge in [0.2, 0.25) is 0 Å². The van der Waals surface area contributed by atoms with Gasteiger partial charge in [0.15, 0.2) is 9.84 Å². The minimum atomic E-state index is -3.85. The van der Waals surface area contributed by atoms with Crippen LogP contribution in [0, 0.1) is 0 Å². The molecular formula is C17H22O6S. The predicted octanol–water partition coefficient (Wildman–Crippen LogP) is 2.29. The molecule has 0 spiro atoms. The Hall–Kier alpha value is -2.15. The van der Waals surface area contributed by atoms with E-state index >= 15 is 0 Å². The Bertz CT molecular complexity index is 658. The SMILES string of the molecule is C=CC(CCC(=O)OC)(CCC(=O)OC)S(=O)(=O)c1ccccc1. The minimum absolute atomic E-state index is 0.0304. The summed E-state index contributed by atoms with van der Waals surface area (Å²) in [5.74, 6) is -1.05. The monoisotopic (exact) mass is 354 g/mol. The van der Waals surface area contributed by atoms with Crippen molar-refractivity contribution in [3.8, 4) is 0 Å². The van der Waals surface area contributed by atoms with E-state index in [-0.39, 0.29) is 30.6 Å². The van der Waals surface area contributed by atoms with E-state index in [1.54, 1.807) is 18.2 Å². The van der Waals surface area contributed by atoms with Gasteiger partial charge in [-0.05, 0) is 25.0 Å². The lowest BCUT2D eigenvalue weighted by Crippen LogP contribution is -2.38. The average Bonchev–Trinajstić information content (AvgIpc) is 2.62. The van der Waals surface area contributed by atoms with Crippen molar-refractivity contribution in [3.05, 3.63) is 43.0 Å². The Morgan fingerprint density at radius 3 is 1.88 bits per heavy atom. The molecule has 0 unspecified atom stereocenters. The van der Waals surface area contributed by atoms with E-state index in [1.165, 1.54) is 32.4 Å². The van der Waals surface area contributed by atoms with Crippen LogP contribution in [0.2, 0.25) is 0 Å². The number of hydrogen-bond donors (Lipinski definition) is 0. The first-order valence-corrected chi connectivity index (χ1v) is 8.88. The highest BCUT2D eigenvalue weighted by molar-refractivity contribution is 7.93. The van der Waals surface area contributed by atoms with Gasteiger partial charge in [-0.1, -0.05) is 24.3 Å². The zero-order chi connectivity index (χ0) is 18.2. The lowest BCUT2D eigenvalue weighted by molar-refractivity contribution is -0.141. The molecule has 0 aliphatic rings. The normalized spacial score (nSPS) is 11.6. The molecule has 1 aromatic rings. The van der Waals surface area contributed by atoms with Crippen LogP contribution in [-0.4, -0.2) is 39.3 Å². The minimum Gasteiger partial charge on any atom is -0.469 e. The quantitative estimate of drug-likeness (QED) is 0.499.